The van der Waals surface area contributed by atoms with Gasteiger partial charge in [0.05, 0.1) is 0 Å². The van der Waals surface area contributed by atoms with E-state index < -0.39 is 0 Å². The van der Waals surface area contributed by atoms with Gasteiger partial charge in [-0.05, 0) is 0 Å². The summed E-state index contributed by atoms with van der Waals surface area (Å²) in [5.41, 5.74) is 0. The van der Waals surface area contributed by atoms with Crippen molar-refractivity contribution < 1.29 is 18.9 Å². The van der Waals surface area contributed by atoms with Crippen molar-refractivity contribution in [3.63, 3.8) is 0 Å². The zero-order chi connectivity index (χ0) is 5.28. The minimum atomic E-state index is 0. The summed E-state index contributed by atoms with van der Waals surface area (Å²) in [7, 11) is 0. The first kappa shape index (κ1) is 9.30. The molecule has 0 atom stereocenters. The van der Waals surface area contributed by atoms with Crippen molar-refractivity contribution in [1.29, 1.82) is 0 Å². The molecule has 0 radical (unpaired) electrons. The van der Waals surface area contributed by atoms with Crippen LogP contribution in [0.1, 0.15) is 19.3 Å². The Labute approximate surface area is 73.8 Å². The predicted octanol–water partition coefficient (Wildman–Crippen LogP) is -1.07. The van der Waals surface area contributed by atoms with Gasteiger partial charge in [0.15, 0.2) is 0 Å². The van der Waals surface area contributed by atoms with Crippen molar-refractivity contribution in [2.45, 2.75) is 23.8 Å². The summed E-state index contributed by atoms with van der Waals surface area (Å²) < 4.78 is 0.258. The Kier molecular flexibility index (Phi) is 4.84. The molecule has 42 valence electrons. The fourth-order valence-corrected chi connectivity index (χ4v) is 1.16. The Hall–Kier alpha value is 1.30. The summed E-state index contributed by atoms with van der Waals surface area (Å²) in [5.74, 6) is 1.51. The first-order valence-electron chi connectivity index (χ1n) is 2.51. The molecule has 0 saturated heterocycles. The van der Waals surface area contributed by atoms with Crippen LogP contribution in [-0.2, 0) is 0 Å². The van der Waals surface area contributed by atoms with Gasteiger partial charge in [0.25, 0.3) is 0 Å². The monoisotopic (exact) mass is 140 g/mol. The van der Waals surface area contributed by atoms with E-state index in [9.17, 15) is 0 Å². The molecule has 1 aliphatic carbocycles. The van der Waals surface area contributed by atoms with Crippen LogP contribution in [-0.4, -0.2) is 4.58 Å². The van der Waals surface area contributed by atoms with Crippen LogP contribution in [0.4, 0.5) is 0 Å². The third-order valence-electron chi connectivity index (χ3n) is 1.36. The molecule has 0 aliphatic heterocycles. The van der Waals surface area contributed by atoms with Gasteiger partial charge in [0.2, 0.25) is 0 Å². The molecule has 1 rings (SSSR count). The van der Waals surface area contributed by atoms with Crippen molar-refractivity contribution in [1.82, 2.24) is 0 Å². The van der Waals surface area contributed by atoms with Crippen LogP contribution in [0.2, 0.25) is 0 Å². The van der Waals surface area contributed by atoms with E-state index in [2.05, 4.69) is 25.3 Å². The summed E-state index contributed by atoms with van der Waals surface area (Å²) in [5, 5.41) is 0. The van der Waals surface area contributed by atoms with Gasteiger partial charge in [0, 0.05) is 0 Å². The molecule has 3 heteroatoms. The minimum absolute atomic E-state index is 0. The maximum absolute atomic E-state index is 4.15. The third-order valence-corrected chi connectivity index (χ3v) is 2.09. The zero-order valence-corrected chi connectivity index (χ0v) is 6.88. The van der Waals surface area contributed by atoms with E-state index >= 15 is 0 Å². The van der Waals surface area contributed by atoms with E-state index in [1.165, 1.54) is 25.2 Å². The summed E-state index contributed by atoms with van der Waals surface area (Å²) in [6.45, 7) is 0. The molecule has 1 saturated carbocycles. The molecular weight excluding hydrogens is 131 g/mol. The molecule has 8 heavy (non-hydrogen) atoms. The van der Waals surface area contributed by atoms with Crippen molar-refractivity contribution in [3.05, 3.63) is 5.92 Å². The number of hydrogen-bond acceptors (Lipinski definition) is 2. The summed E-state index contributed by atoms with van der Waals surface area (Å²) in [4.78, 5) is 0. The van der Waals surface area contributed by atoms with Gasteiger partial charge < -0.3 is 0 Å². The molecule has 0 N–H and O–H groups in total. The van der Waals surface area contributed by atoms with E-state index in [4.69, 9.17) is 0 Å². The average Bonchev–Trinajstić information content (AvgIpc) is 1.23. The molecule has 0 aromatic heterocycles. The van der Waals surface area contributed by atoms with E-state index in [-0.39, 0.29) is 23.4 Å². The Bertz CT molecular complexity index is 61.4. The Balaban J connectivity index is 0.000000490. The fraction of sp³-hybridized carbons (Fsp3) is 0.800. The molecule has 0 heterocycles. The number of thiol groups is 2. The number of rotatable bonds is 1. The van der Waals surface area contributed by atoms with Crippen molar-refractivity contribution in [3.8, 4) is 0 Å². The third kappa shape index (κ3) is 2.27. The van der Waals surface area contributed by atoms with Crippen molar-refractivity contribution in [2.24, 2.45) is 0 Å². The predicted molar refractivity (Wildman–Crippen MR) is 38.9 cm³/mol. The van der Waals surface area contributed by atoms with Crippen molar-refractivity contribution in [2.75, 3.05) is 0 Å². The first-order valence-corrected chi connectivity index (χ1v) is 3.54. The standard InChI is InChI=1S/C5H9S2.Li/c6-5(7)4-2-1-3-4;/h5-7H,1-3H2;/q-1;+1. The Morgan fingerprint density at radius 1 is 1.25 bits per heavy atom. The van der Waals surface area contributed by atoms with Gasteiger partial charge in [-0.2, -0.15) is 38.1 Å². The van der Waals surface area contributed by atoms with Crippen LogP contribution in [0.15, 0.2) is 0 Å². The number of hydrogen-bond donors (Lipinski definition) is 2. The SMILES string of the molecule is SC(S)[C-]1CCC1.[Li+]. The summed E-state index contributed by atoms with van der Waals surface area (Å²) in [6, 6.07) is 0. The molecule has 0 spiro atoms. The normalized spacial score (nSPS) is 19.9. The largest absolute Gasteiger partial charge is 1.00 e. The first-order chi connectivity index (χ1) is 3.30. The van der Waals surface area contributed by atoms with Gasteiger partial charge in [-0.1, -0.05) is 4.58 Å². The second-order valence-corrected chi connectivity index (χ2v) is 3.33. The molecule has 1 aliphatic rings. The maximum atomic E-state index is 4.15. The molecular formula is C5H9LiS2. The van der Waals surface area contributed by atoms with E-state index in [1.54, 1.807) is 0 Å². The van der Waals surface area contributed by atoms with Crippen LogP contribution >= 0.6 is 25.3 Å². The topological polar surface area (TPSA) is 0 Å². The molecule has 0 aromatic carbocycles. The molecule has 1 fully saturated rings. The van der Waals surface area contributed by atoms with Gasteiger partial charge in [-0.3, -0.25) is 5.92 Å². The molecule has 0 amide bonds. The molecule has 0 bridgehead atoms. The Morgan fingerprint density at radius 3 is 1.75 bits per heavy atom. The van der Waals surface area contributed by atoms with E-state index in [0.717, 1.165) is 0 Å². The fourth-order valence-electron chi connectivity index (χ4n) is 0.639. The quantitative estimate of drug-likeness (QED) is 0.197. The summed E-state index contributed by atoms with van der Waals surface area (Å²) in [6.07, 6.45) is 3.88. The smallest absolute Gasteiger partial charge is 0.292 e. The summed E-state index contributed by atoms with van der Waals surface area (Å²) >= 11 is 8.30. The van der Waals surface area contributed by atoms with Crippen LogP contribution in [0.25, 0.3) is 0 Å². The van der Waals surface area contributed by atoms with E-state index in [0.29, 0.717) is 0 Å². The molecule has 0 aromatic rings. The van der Waals surface area contributed by atoms with Crippen molar-refractivity contribution >= 4 is 25.3 Å². The van der Waals surface area contributed by atoms with Gasteiger partial charge in [-0.25, -0.2) is 0 Å². The molecule has 0 nitrogen and oxygen atoms in total. The second-order valence-electron chi connectivity index (χ2n) is 1.89. The van der Waals surface area contributed by atoms with Gasteiger partial charge in [-0.15, -0.1) is 6.42 Å². The average molecular weight is 140 g/mol. The zero-order valence-electron chi connectivity index (χ0n) is 5.09. The second kappa shape index (κ2) is 4.17. The maximum Gasteiger partial charge on any atom is 1.00 e. The van der Waals surface area contributed by atoms with Crippen LogP contribution < -0.4 is 18.9 Å². The van der Waals surface area contributed by atoms with Crippen LogP contribution in [0.3, 0.4) is 0 Å². The molecule has 0 unspecified atom stereocenters. The van der Waals surface area contributed by atoms with Gasteiger partial charge >= 0.3 is 18.9 Å². The van der Waals surface area contributed by atoms with Gasteiger partial charge in [0.1, 0.15) is 0 Å². The van der Waals surface area contributed by atoms with E-state index in [1.807, 2.05) is 0 Å². The van der Waals surface area contributed by atoms with Crippen LogP contribution in [0.5, 0.6) is 0 Å². The minimum Gasteiger partial charge on any atom is -0.292 e. The van der Waals surface area contributed by atoms with Crippen LogP contribution in [0, 0.1) is 5.92 Å². The Morgan fingerprint density at radius 2 is 1.75 bits per heavy atom.